The topological polar surface area (TPSA) is 27.8 Å². The van der Waals surface area contributed by atoms with Crippen LogP contribution in [0.5, 0.6) is 0 Å². The van der Waals surface area contributed by atoms with Crippen LogP contribution in [0.15, 0.2) is 24.4 Å². The Balaban J connectivity index is 2.28. The largest absolute Gasteiger partial charge is 0.410 e. The van der Waals surface area contributed by atoms with Gasteiger partial charge in [-0.3, -0.25) is 5.32 Å². The molecule has 1 fully saturated rings. The molecule has 19 heavy (non-hydrogen) atoms. The molecular weight excluding hydrogens is 253 g/mol. The summed E-state index contributed by atoms with van der Waals surface area (Å²) in [6, 6.07) is 5.50. The molecular formula is C14H15F3N2. The fourth-order valence-corrected chi connectivity index (χ4v) is 3.07. The highest BCUT2D eigenvalue weighted by atomic mass is 19.4. The number of benzene rings is 1. The second-order valence-corrected chi connectivity index (χ2v) is 5.13. The lowest BCUT2D eigenvalue weighted by atomic mass is 9.86. The minimum absolute atomic E-state index is 0.0950. The van der Waals surface area contributed by atoms with E-state index >= 15 is 0 Å². The Bertz CT molecular complexity index is 607. The summed E-state index contributed by atoms with van der Waals surface area (Å²) in [5.74, 6) is 0. The molecule has 1 aromatic carbocycles. The Kier molecular flexibility index (Phi) is 2.64. The van der Waals surface area contributed by atoms with Gasteiger partial charge in [0.15, 0.2) is 0 Å². The molecule has 0 amide bonds. The molecule has 2 aromatic rings. The first-order valence-corrected chi connectivity index (χ1v) is 6.35. The Labute approximate surface area is 109 Å². The van der Waals surface area contributed by atoms with E-state index in [1.807, 2.05) is 25.1 Å². The summed E-state index contributed by atoms with van der Waals surface area (Å²) in [4.78, 5) is 2.96. The van der Waals surface area contributed by atoms with E-state index in [1.165, 1.54) is 6.20 Å². The molecule has 1 unspecified atom stereocenters. The SMILES string of the molecule is Cc1cccc2[nH]cc(C3(C(F)(F)F)CCCN3)c12. The van der Waals surface area contributed by atoms with Crippen molar-refractivity contribution in [1.29, 1.82) is 0 Å². The van der Waals surface area contributed by atoms with E-state index in [0.29, 0.717) is 23.9 Å². The molecule has 0 spiro atoms. The van der Waals surface area contributed by atoms with Crippen molar-refractivity contribution in [3.05, 3.63) is 35.5 Å². The summed E-state index contributed by atoms with van der Waals surface area (Å²) in [7, 11) is 0. The van der Waals surface area contributed by atoms with Crippen molar-refractivity contribution in [1.82, 2.24) is 10.3 Å². The third-order valence-corrected chi connectivity index (χ3v) is 4.01. The van der Waals surface area contributed by atoms with Gasteiger partial charge < -0.3 is 4.98 Å². The second kappa shape index (κ2) is 4.00. The zero-order chi connectivity index (χ0) is 13.7. The predicted molar refractivity (Wildman–Crippen MR) is 68.0 cm³/mol. The van der Waals surface area contributed by atoms with Crippen LogP contribution < -0.4 is 5.32 Å². The fourth-order valence-electron chi connectivity index (χ4n) is 3.07. The molecule has 2 heterocycles. The first-order chi connectivity index (χ1) is 8.96. The zero-order valence-corrected chi connectivity index (χ0v) is 10.6. The molecule has 1 aromatic heterocycles. The van der Waals surface area contributed by atoms with E-state index in [2.05, 4.69) is 10.3 Å². The molecule has 2 N–H and O–H groups in total. The van der Waals surface area contributed by atoms with Crippen LogP contribution in [0.2, 0.25) is 0 Å². The molecule has 5 heteroatoms. The molecule has 0 bridgehead atoms. The van der Waals surface area contributed by atoms with Crippen molar-refractivity contribution < 1.29 is 13.2 Å². The Hall–Kier alpha value is -1.49. The van der Waals surface area contributed by atoms with E-state index in [4.69, 9.17) is 0 Å². The third-order valence-electron chi connectivity index (χ3n) is 4.01. The van der Waals surface area contributed by atoms with Gasteiger partial charge in [0.1, 0.15) is 5.54 Å². The number of aryl methyl sites for hydroxylation is 1. The van der Waals surface area contributed by atoms with Gasteiger partial charge in [0.2, 0.25) is 0 Å². The van der Waals surface area contributed by atoms with Crippen molar-refractivity contribution in [2.24, 2.45) is 0 Å². The summed E-state index contributed by atoms with van der Waals surface area (Å²) < 4.78 is 40.7. The van der Waals surface area contributed by atoms with E-state index < -0.39 is 11.7 Å². The molecule has 1 atom stereocenters. The van der Waals surface area contributed by atoms with Gasteiger partial charge in [-0.2, -0.15) is 13.2 Å². The molecule has 3 rings (SSSR count). The summed E-state index contributed by atoms with van der Waals surface area (Å²) in [5, 5.41) is 3.38. The first-order valence-electron chi connectivity index (χ1n) is 6.35. The lowest BCUT2D eigenvalue weighted by Gasteiger charge is -2.32. The van der Waals surface area contributed by atoms with Crippen LogP contribution in [0.3, 0.4) is 0 Å². The number of rotatable bonds is 1. The molecule has 0 radical (unpaired) electrons. The summed E-state index contributed by atoms with van der Waals surface area (Å²) in [6.07, 6.45) is -2.15. The number of H-pyrrole nitrogens is 1. The van der Waals surface area contributed by atoms with Gasteiger partial charge >= 0.3 is 6.18 Å². The summed E-state index contributed by atoms with van der Waals surface area (Å²) >= 11 is 0. The van der Waals surface area contributed by atoms with Crippen molar-refractivity contribution in [3.8, 4) is 0 Å². The van der Waals surface area contributed by atoms with Crippen molar-refractivity contribution in [3.63, 3.8) is 0 Å². The smallest absolute Gasteiger partial charge is 0.361 e. The van der Waals surface area contributed by atoms with Gasteiger partial charge in [0, 0.05) is 22.7 Å². The normalized spacial score (nSPS) is 24.2. The highest BCUT2D eigenvalue weighted by Crippen LogP contribution is 2.47. The molecule has 2 nitrogen and oxygen atoms in total. The molecule has 0 saturated carbocycles. The predicted octanol–water partition coefficient (Wildman–Crippen LogP) is 3.62. The summed E-state index contributed by atoms with van der Waals surface area (Å²) in [5.41, 5.74) is 0.0428. The van der Waals surface area contributed by atoms with E-state index in [-0.39, 0.29) is 6.42 Å². The summed E-state index contributed by atoms with van der Waals surface area (Å²) in [6.45, 7) is 2.25. The van der Waals surface area contributed by atoms with Crippen LogP contribution >= 0.6 is 0 Å². The first kappa shape index (κ1) is 12.5. The highest BCUT2D eigenvalue weighted by Gasteiger charge is 2.58. The van der Waals surface area contributed by atoms with Crippen LogP contribution in [0.25, 0.3) is 10.9 Å². The van der Waals surface area contributed by atoms with Gasteiger partial charge in [0.25, 0.3) is 0 Å². The Morgan fingerprint density at radius 3 is 2.68 bits per heavy atom. The maximum atomic E-state index is 13.6. The number of aromatic amines is 1. The fraction of sp³-hybridized carbons (Fsp3) is 0.429. The van der Waals surface area contributed by atoms with Gasteiger partial charge in [-0.05, 0) is 37.9 Å². The van der Waals surface area contributed by atoms with Crippen LogP contribution in [0.4, 0.5) is 13.2 Å². The number of alkyl halides is 3. The molecule has 102 valence electrons. The highest BCUT2D eigenvalue weighted by molar-refractivity contribution is 5.87. The number of halogens is 3. The van der Waals surface area contributed by atoms with E-state index in [0.717, 1.165) is 11.1 Å². The lowest BCUT2D eigenvalue weighted by Crippen LogP contribution is -2.49. The molecule has 1 aliphatic heterocycles. The van der Waals surface area contributed by atoms with Crippen LogP contribution in [-0.2, 0) is 5.54 Å². The van der Waals surface area contributed by atoms with E-state index in [9.17, 15) is 13.2 Å². The van der Waals surface area contributed by atoms with Gasteiger partial charge in [-0.1, -0.05) is 12.1 Å². The Morgan fingerprint density at radius 2 is 2.05 bits per heavy atom. The average Bonchev–Trinajstić information content (AvgIpc) is 2.94. The minimum Gasteiger partial charge on any atom is -0.361 e. The molecule has 1 saturated heterocycles. The quantitative estimate of drug-likeness (QED) is 0.812. The van der Waals surface area contributed by atoms with Crippen molar-refractivity contribution >= 4 is 10.9 Å². The number of hydrogen-bond donors (Lipinski definition) is 2. The number of fused-ring (bicyclic) bond motifs is 1. The minimum atomic E-state index is -4.29. The van der Waals surface area contributed by atoms with Crippen molar-refractivity contribution in [2.75, 3.05) is 6.54 Å². The maximum Gasteiger partial charge on any atom is 0.410 e. The van der Waals surface area contributed by atoms with Crippen LogP contribution in [-0.4, -0.2) is 17.7 Å². The average molecular weight is 268 g/mol. The van der Waals surface area contributed by atoms with Gasteiger partial charge in [-0.15, -0.1) is 0 Å². The monoisotopic (exact) mass is 268 g/mol. The number of aromatic nitrogens is 1. The van der Waals surface area contributed by atoms with Crippen LogP contribution in [0.1, 0.15) is 24.0 Å². The standard InChI is InChI=1S/C14H15F3N2/c1-9-4-2-5-11-12(9)10(8-18-11)13(14(15,16)17)6-3-7-19-13/h2,4-5,8,18-19H,3,6-7H2,1H3. The number of hydrogen-bond acceptors (Lipinski definition) is 1. The van der Waals surface area contributed by atoms with Crippen molar-refractivity contribution in [2.45, 2.75) is 31.5 Å². The second-order valence-electron chi connectivity index (χ2n) is 5.13. The lowest BCUT2D eigenvalue weighted by molar-refractivity contribution is -0.195. The molecule has 0 aliphatic carbocycles. The third kappa shape index (κ3) is 1.68. The van der Waals surface area contributed by atoms with Crippen LogP contribution in [0, 0.1) is 6.92 Å². The molecule has 1 aliphatic rings. The number of nitrogens with one attached hydrogen (secondary N) is 2. The Morgan fingerprint density at radius 1 is 1.26 bits per heavy atom. The zero-order valence-electron chi connectivity index (χ0n) is 10.6. The van der Waals surface area contributed by atoms with Gasteiger partial charge in [-0.25, -0.2) is 0 Å². The van der Waals surface area contributed by atoms with Gasteiger partial charge in [0.05, 0.1) is 0 Å². The maximum absolute atomic E-state index is 13.6. The van der Waals surface area contributed by atoms with E-state index in [1.54, 1.807) is 0 Å².